The summed E-state index contributed by atoms with van der Waals surface area (Å²) in [5, 5.41) is 2.97. The number of benzene rings is 2. The van der Waals surface area contributed by atoms with Gasteiger partial charge in [-0.1, -0.05) is 12.1 Å². The van der Waals surface area contributed by atoms with Crippen molar-refractivity contribution in [1.82, 2.24) is 18.4 Å². The van der Waals surface area contributed by atoms with Gasteiger partial charge in [-0.3, -0.25) is 28.0 Å². The van der Waals surface area contributed by atoms with Crippen molar-refractivity contribution in [2.45, 2.75) is 51.6 Å². The molecule has 0 atom stereocenters. The molecule has 2 aliphatic rings. The van der Waals surface area contributed by atoms with Gasteiger partial charge in [-0.2, -0.15) is 13.1 Å². The van der Waals surface area contributed by atoms with Crippen molar-refractivity contribution in [1.29, 1.82) is 0 Å². The molecule has 11 nitrogen and oxygen atoms in total. The first-order valence-electron chi connectivity index (χ1n) is 13.3. The van der Waals surface area contributed by atoms with Crippen LogP contribution in [0.15, 0.2) is 56.8 Å². The fourth-order valence-corrected chi connectivity index (χ4v) is 6.19. The second-order valence-electron chi connectivity index (χ2n) is 10.7. The zero-order chi connectivity index (χ0) is 29.2. The van der Waals surface area contributed by atoms with E-state index in [2.05, 4.69) is 14.8 Å². The summed E-state index contributed by atoms with van der Waals surface area (Å²) in [5.74, 6) is -0.529. The summed E-state index contributed by atoms with van der Waals surface area (Å²) in [7, 11) is -2.38. The lowest BCUT2D eigenvalue weighted by atomic mass is 10.1. The predicted molar refractivity (Wildman–Crippen MR) is 155 cm³/mol. The monoisotopic (exact) mass is 580 g/mol. The van der Waals surface area contributed by atoms with E-state index in [0.29, 0.717) is 18.4 Å². The first-order valence-corrected chi connectivity index (χ1v) is 14.8. The maximum absolute atomic E-state index is 14.9. The maximum atomic E-state index is 14.9. The molecule has 13 heteroatoms. The van der Waals surface area contributed by atoms with E-state index >= 15 is 0 Å². The fourth-order valence-electron chi connectivity index (χ4n) is 5.02. The summed E-state index contributed by atoms with van der Waals surface area (Å²) >= 11 is 0. The second-order valence-corrected chi connectivity index (χ2v) is 12.2. The molecule has 0 aliphatic heterocycles. The minimum atomic E-state index is -3.85. The molecule has 3 N–H and O–H groups in total. The van der Waals surface area contributed by atoms with Crippen LogP contribution in [-0.2, 0) is 17.3 Å². The molecule has 0 bridgehead atoms. The molecule has 2 aliphatic carbocycles. The molecular weight excluding hydrogens is 551 g/mol. The largest absolute Gasteiger partial charge is 0.338 e. The Balaban J connectivity index is 1.62. The van der Waals surface area contributed by atoms with Crippen molar-refractivity contribution in [3.05, 3.63) is 90.6 Å². The fraction of sp³-hybridized carbons (Fsp3) is 0.321. The molecule has 0 spiro atoms. The highest BCUT2D eigenvalue weighted by atomic mass is 32.2. The van der Waals surface area contributed by atoms with Crippen LogP contribution in [0, 0.1) is 19.7 Å². The highest BCUT2D eigenvalue weighted by molar-refractivity contribution is 7.90. The molecular formula is C28H29FN6O5S. The Labute approximate surface area is 234 Å². The van der Waals surface area contributed by atoms with E-state index in [1.807, 2.05) is 0 Å². The summed E-state index contributed by atoms with van der Waals surface area (Å²) in [5.41, 5.74) is -0.329. The minimum Gasteiger partial charge on any atom is -0.338 e. The Morgan fingerprint density at radius 1 is 0.951 bits per heavy atom. The number of aryl methyl sites for hydroxylation is 2. The number of hydrogen-bond acceptors (Lipinski definition) is 6. The van der Waals surface area contributed by atoms with Gasteiger partial charge < -0.3 is 5.32 Å². The molecule has 2 aromatic heterocycles. The smallest absolute Gasteiger partial charge is 0.336 e. The lowest BCUT2D eigenvalue weighted by molar-refractivity contribution is 0.586. The zero-order valence-electron chi connectivity index (χ0n) is 22.7. The van der Waals surface area contributed by atoms with Crippen LogP contribution in [0.1, 0.15) is 42.9 Å². The number of nitrogens with one attached hydrogen (secondary N) is 3. The Bertz CT molecular complexity index is 2020. The predicted octanol–water partition coefficient (Wildman–Crippen LogP) is 3.09. The van der Waals surface area contributed by atoms with Crippen LogP contribution >= 0.6 is 0 Å². The van der Waals surface area contributed by atoms with Crippen LogP contribution in [-0.4, -0.2) is 28.2 Å². The van der Waals surface area contributed by atoms with E-state index in [4.69, 9.17) is 0 Å². The van der Waals surface area contributed by atoms with Crippen LogP contribution in [0.2, 0.25) is 0 Å². The van der Waals surface area contributed by atoms with Crippen molar-refractivity contribution in [3.63, 3.8) is 0 Å². The topological polar surface area (TPSA) is 136 Å². The van der Waals surface area contributed by atoms with Gasteiger partial charge in [0.25, 0.3) is 21.3 Å². The van der Waals surface area contributed by atoms with Gasteiger partial charge in [-0.15, -0.1) is 0 Å². The van der Waals surface area contributed by atoms with Gasteiger partial charge in [0.05, 0.1) is 22.6 Å². The number of pyridine rings is 1. The molecule has 0 saturated heterocycles. The quantitative estimate of drug-likeness (QED) is 0.293. The molecule has 4 aromatic rings. The average molecular weight is 581 g/mol. The van der Waals surface area contributed by atoms with Gasteiger partial charge in [0, 0.05) is 24.7 Å². The number of rotatable bonds is 8. The van der Waals surface area contributed by atoms with Crippen molar-refractivity contribution >= 4 is 38.3 Å². The molecule has 6 rings (SSSR count). The summed E-state index contributed by atoms with van der Waals surface area (Å²) in [6.07, 6.45) is 2.80. The first kappa shape index (κ1) is 27.0. The lowest BCUT2D eigenvalue weighted by Crippen LogP contribution is -2.41. The number of nitrogens with zero attached hydrogens (tertiary/aromatic N) is 3. The van der Waals surface area contributed by atoms with Crippen LogP contribution in [0.4, 0.5) is 21.6 Å². The van der Waals surface area contributed by atoms with Gasteiger partial charge in [0.15, 0.2) is 0 Å². The van der Waals surface area contributed by atoms with E-state index in [-0.39, 0.29) is 51.4 Å². The average Bonchev–Trinajstić information content (AvgIpc) is 3.83. The van der Waals surface area contributed by atoms with Crippen LogP contribution < -0.4 is 31.6 Å². The molecule has 214 valence electrons. The van der Waals surface area contributed by atoms with E-state index < -0.39 is 32.8 Å². The van der Waals surface area contributed by atoms with Gasteiger partial charge in [-0.25, -0.2) is 9.18 Å². The van der Waals surface area contributed by atoms with Crippen LogP contribution in [0.25, 0.3) is 16.6 Å². The van der Waals surface area contributed by atoms with Crippen molar-refractivity contribution in [2.24, 2.45) is 7.05 Å². The minimum absolute atomic E-state index is 0.0389. The molecule has 2 heterocycles. The van der Waals surface area contributed by atoms with Crippen molar-refractivity contribution in [3.8, 4) is 5.69 Å². The van der Waals surface area contributed by atoms with Gasteiger partial charge in [0.1, 0.15) is 17.0 Å². The Morgan fingerprint density at radius 3 is 2.34 bits per heavy atom. The summed E-state index contributed by atoms with van der Waals surface area (Å²) in [4.78, 5) is 41.3. The van der Waals surface area contributed by atoms with E-state index in [1.54, 1.807) is 31.2 Å². The number of anilines is 3. The van der Waals surface area contributed by atoms with Crippen molar-refractivity contribution in [2.75, 3.05) is 10.0 Å². The highest BCUT2D eigenvalue weighted by Crippen LogP contribution is 2.34. The first-order chi connectivity index (χ1) is 19.4. The van der Waals surface area contributed by atoms with Gasteiger partial charge >= 0.3 is 5.69 Å². The SMILES string of the molecule is Cc1ccc(Nc2c3c(=O)n(C4CC4)c(=O)n(-c4cccc(NS(=O)(=O)NC5CC5)c4)c3c(C)c(=O)n2C)c(F)c1. The Hall–Kier alpha value is -4.23. The van der Waals surface area contributed by atoms with E-state index in [1.165, 1.54) is 41.3 Å². The maximum Gasteiger partial charge on any atom is 0.336 e. The summed E-state index contributed by atoms with van der Waals surface area (Å²) in [6.45, 7) is 3.26. The number of halogens is 1. The van der Waals surface area contributed by atoms with E-state index in [0.717, 1.165) is 17.4 Å². The molecule has 0 unspecified atom stereocenters. The third-order valence-corrected chi connectivity index (χ3v) is 8.54. The summed E-state index contributed by atoms with van der Waals surface area (Å²) in [6, 6.07) is 10.3. The summed E-state index contributed by atoms with van der Waals surface area (Å²) < 4.78 is 48.7. The second kappa shape index (κ2) is 9.70. The number of hydrogen-bond donors (Lipinski definition) is 3. The normalized spacial score (nSPS) is 15.3. The van der Waals surface area contributed by atoms with Crippen molar-refractivity contribution < 1.29 is 12.8 Å². The highest BCUT2D eigenvalue weighted by Gasteiger charge is 2.32. The Morgan fingerprint density at radius 2 is 1.68 bits per heavy atom. The van der Waals surface area contributed by atoms with Gasteiger partial charge in [-0.05, 0) is 75.4 Å². The molecule has 2 saturated carbocycles. The number of fused-ring (bicyclic) bond motifs is 1. The zero-order valence-corrected chi connectivity index (χ0v) is 23.5. The Kier molecular flexibility index (Phi) is 6.38. The molecule has 0 amide bonds. The third kappa shape index (κ3) is 4.95. The van der Waals surface area contributed by atoms with Gasteiger partial charge in [0.2, 0.25) is 0 Å². The lowest BCUT2D eigenvalue weighted by Gasteiger charge is -2.21. The standard InChI is InChI=1S/C28H29FN6O5S/c1-15-7-12-22(21(29)13-15)30-25-23-24(16(2)26(36)33(25)3)34(28(38)35(27(23)37)19-10-11-19)20-6-4-5-18(14-20)32-41(39,40)31-17-8-9-17/h4-7,12-14,17,19,30-32H,8-11H2,1-3H3. The van der Waals surface area contributed by atoms with E-state index in [9.17, 15) is 27.2 Å². The third-order valence-electron chi connectivity index (χ3n) is 7.39. The molecule has 2 fully saturated rings. The van der Waals surface area contributed by atoms with Crippen LogP contribution in [0.3, 0.4) is 0 Å². The molecule has 41 heavy (non-hydrogen) atoms. The molecule has 2 aromatic carbocycles. The number of aromatic nitrogens is 3. The molecule has 0 radical (unpaired) electrons. The van der Waals surface area contributed by atoms with Crippen LogP contribution in [0.5, 0.6) is 0 Å².